The first-order chi connectivity index (χ1) is 11.8. The van der Waals surface area contributed by atoms with E-state index < -0.39 is 0 Å². The largest absolute Gasteiger partial charge is 0.482 e. The van der Waals surface area contributed by atoms with Gasteiger partial charge in [0.2, 0.25) is 0 Å². The van der Waals surface area contributed by atoms with Crippen LogP contribution in [0.3, 0.4) is 0 Å². The van der Waals surface area contributed by atoms with Gasteiger partial charge in [0.1, 0.15) is 12.3 Å². The Bertz CT molecular complexity index is 712. The fourth-order valence-electron chi connectivity index (χ4n) is 3.85. The molecule has 0 radical (unpaired) electrons. The summed E-state index contributed by atoms with van der Waals surface area (Å²) in [7, 11) is 0. The van der Waals surface area contributed by atoms with Gasteiger partial charge < -0.3 is 4.74 Å². The lowest BCUT2D eigenvalue weighted by Crippen LogP contribution is -2.44. The summed E-state index contributed by atoms with van der Waals surface area (Å²) < 4.78 is 5.39. The van der Waals surface area contributed by atoms with Crippen molar-refractivity contribution in [3.05, 3.63) is 24.3 Å². The molecule has 1 aliphatic heterocycles. The van der Waals surface area contributed by atoms with Gasteiger partial charge in [-0.3, -0.25) is 14.5 Å². The van der Waals surface area contributed by atoms with E-state index in [1.807, 2.05) is 12.1 Å². The summed E-state index contributed by atoms with van der Waals surface area (Å²) in [5, 5.41) is 4.32. The van der Waals surface area contributed by atoms with Crippen molar-refractivity contribution in [2.75, 3.05) is 18.1 Å². The number of benzene rings is 1. The molecule has 3 rings (SSSR count). The van der Waals surface area contributed by atoms with Crippen LogP contribution in [0.4, 0.5) is 5.69 Å². The van der Waals surface area contributed by atoms with Crippen LogP contribution in [0.15, 0.2) is 29.4 Å². The SMILES string of the molecule is C[C@@H]1C/C(=N/NC(=O)CN2C(=O)COc3ccccc32)CC(C)(C)C1. The van der Waals surface area contributed by atoms with E-state index in [9.17, 15) is 9.59 Å². The van der Waals surface area contributed by atoms with Gasteiger partial charge >= 0.3 is 0 Å². The first-order valence-electron chi connectivity index (χ1n) is 8.70. The molecule has 1 N–H and O–H groups in total. The molecule has 2 amide bonds. The number of ether oxygens (including phenoxy) is 1. The summed E-state index contributed by atoms with van der Waals surface area (Å²) >= 11 is 0. The summed E-state index contributed by atoms with van der Waals surface area (Å²) in [5.74, 6) is 0.652. The predicted molar refractivity (Wildman–Crippen MR) is 96.7 cm³/mol. The number of nitrogens with one attached hydrogen (secondary N) is 1. The maximum atomic E-state index is 12.3. The Morgan fingerprint density at radius 2 is 2.16 bits per heavy atom. The van der Waals surface area contributed by atoms with Crippen molar-refractivity contribution in [1.29, 1.82) is 0 Å². The van der Waals surface area contributed by atoms with E-state index in [1.54, 1.807) is 12.1 Å². The van der Waals surface area contributed by atoms with Crippen LogP contribution in [-0.4, -0.2) is 30.7 Å². The Morgan fingerprint density at radius 3 is 2.92 bits per heavy atom. The van der Waals surface area contributed by atoms with Crippen molar-refractivity contribution in [3.8, 4) is 5.75 Å². The zero-order valence-electron chi connectivity index (χ0n) is 15.0. The average Bonchev–Trinajstić information content (AvgIpc) is 2.54. The van der Waals surface area contributed by atoms with Gasteiger partial charge in [0, 0.05) is 5.71 Å². The molecule has 1 aliphatic carbocycles. The zero-order chi connectivity index (χ0) is 18.0. The molecule has 0 bridgehead atoms. The second kappa shape index (κ2) is 6.86. The van der Waals surface area contributed by atoms with Crippen LogP contribution < -0.4 is 15.1 Å². The minimum atomic E-state index is -0.298. The third-order valence-electron chi connectivity index (χ3n) is 4.62. The Morgan fingerprint density at radius 1 is 1.40 bits per heavy atom. The van der Waals surface area contributed by atoms with Gasteiger partial charge in [-0.15, -0.1) is 0 Å². The first kappa shape index (κ1) is 17.5. The Labute approximate surface area is 148 Å². The number of rotatable bonds is 3. The molecule has 2 aliphatic rings. The smallest absolute Gasteiger partial charge is 0.265 e. The summed E-state index contributed by atoms with van der Waals surface area (Å²) in [5.41, 5.74) is 4.47. The normalized spacial score (nSPS) is 23.8. The molecule has 0 saturated heterocycles. The third kappa shape index (κ3) is 4.18. The highest BCUT2D eigenvalue weighted by atomic mass is 16.5. The van der Waals surface area contributed by atoms with Crippen molar-refractivity contribution in [1.82, 2.24) is 5.43 Å². The van der Waals surface area contributed by atoms with Gasteiger partial charge in [0.15, 0.2) is 6.61 Å². The van der Waals surface area contributed by atoms with Crippen LogP contribution in [0, 0.1) is 11.3 Å². The van der Waals surface area contributed by atoms with E-state index in [4.69, 9.17) is 4.74 Å². The summed E-state index contributed by atoms with van der Waals surface area (Å²) in [4.78, 5) is 25.9. The van der Waals surface area contributed by atoms with Crippen molar-refractivity contribution >= 4 is 23.2 Å². The predicted octanol–water partition coefficient (Wildman–Crippen LogP) is 2.73. The van der Waals surface area contributed by atoms with Crippen LogP contribution in [0.1, 0.15) is 40.0 Å². The Kier molecular flexibility index (Phi) is 4.79. The number of hydrazone groups is 1. The monoisotopic (exact) mass is 343 g/mol. The molecular weight excluding hydrogens is 318 g/mol. The van der Waals surface area contributed by atoms with Gasteiger partial charge in [-0.05, 0) is 42.7 Å². The molecular formula is C19H25N3O3. The molecule has 1 atom stereocenters. The highest BCUT2D eigenvalue weighted by molar-refractivity contribution is 6.02. The summed E-state index contributed by atoms with van der Waals surface area (Å²) in [6.45, 7) is 6.55. The highest BCUT2D eigenvalue weighted by Crippen LogP contribution is 2.37. The highest BCUT2D eigenvalue weighted by Gasteiger charge is 2.30. The van der Waals surface area contributed by atoms with E-state index in [1.165, 1.54) is 11.3 Å². The molecule has 1 fully saturated rings. The molecule has 1 aromatic carbocycles. The van der Waals surface area contributed by atoms with E-state index in [-0.39, 0.29) is 30.4 Å². The molecule has 6 nitrogen and oxygen atoms in total. The van der Waals surface area contributed by atoms with Gasteiger partial charge in [-0.25, -0.2) is 5.43 Å². The van der Waals surface area contributed by atoms with Crippen molar-refractivity contribution < 1.29 is 14.3 Å². The average molecular weight is 343 g/mol. The maximum absolute atomic E-state index is 12.3. The molecule has 0 unspecified atom stereocenters. The maximum Gasteiger partial charge on any atom is 0.265 e. The number of carbonyl (C=O) groups is 2. The number of anilines is 1. The van der Waals surface area contributed by atoms with Gasteiger partial charge in [-0.2, -0.15) is 5.10 Å². The number of nitrogens with zero attached hydrogens (tertiary/aromatic N) is 2. The van der Waals surface area contributed by atoms with Crippen molar-refractivity contribution in [2.45, 2.75) is 40.0 Å². The van der Waals surface area contributed by atoms with Gasteiger partial charge in [0.05, 0.1) is 5.69 Å². The number of carbonyl (C=O) groups excluding carboxylic acids is 2. The second-order valence-corrected chi connectivity index (χ2v) is 7.80. The van der Waals surface area contributed by atoms with Crippen LogP contribution in [-0.2, 0) is 9.59 Å². The van der Waals surface area contributed by atoms with Gasteiger partial charge in [0.25, 0.3) is 11.8 Å². The molecule has 0 spiro atoms. The van der Waals surface area contributed by atoms with Crippen LogP contribution in [0.5, 0.6) is 5.75 Å². The van der Waals surface area contributed by atoms with Gasteiger partial charge in [-0.1, -0.05) is 32.9 Å². The summed E-state index contributed by atoms with van der Waals surface area (Å²) in [6, 6.07) is 7.22. The first-order valence-corrected chi connectivity index (χ1v) is 8.70. The van der Waals surface area contributed by atoms with Crippen LogP contribution in [0.25, 0.3) is 0 Å². The Hall–Kier alpha value is -2.37. The fourth-order valence-corrected chi connectivity index (χ4v) is 3.85. The lowest BCUT2D eigenvalue weighted by molar-refractivity contribution is -0.125. The number of hydrogen-bond donors (Lipinski definition) is 1. The van der Waals surface area contributed by atoms with Crippen LogP contribution in [0.2, 0.25) is 0 Å². The van der Waals surface area contributed by atoms with Crippen molar-refractivity contribution in [2.24, 2.45) is 16.4 Å². The third-order valence-corrected chi connectivity index (χ3v) is 4.62. The molecule has 134 valence electrons. The molecule has 1 saturated carbocycles. The second-order valence-electron chi connectivity index (χ2n) is 7.80. The summed E-state index contributed by atoms with van der Waals surface area (Å²) in [6.07, 6.45) is 2.96. The number of fused-ring (bicyclic) bond motifs is 1. The number of hydrogen-bond acceptors (Lipinski definition) is 4. The van der Waals surface area contributed by atoms with Crippen LogP contribution >= 0.6 is 0 Å². The minimum Gasteiger partial charge on any atom is -0.482 e. The quantitative estimate of drug-likeness (QED) is 0.858. The van der Waals surface area contributed by atoms with E-state index in [0.717, 1.165) is 18.6 Å². The van der Waals surface area contributed by atoms with E-state index in [0.29, 0.717) is 17.4 Å². The minimum absolute atomic E-state index is 0.0511. The molecule has 1 aromatic rings. The number of amides is 2. The molecule has 0 aromatic heterocycles. The van der Waals surface area contributed by atoms with Crippen molar-refractivity contribution in [3.63, 3.8) is 0 Å². The van der Waals surface area contributed by atoms with E-state index >= 15 is 0 Å². The standard InChI is InChI=1S/C19H25N3O3/c1-13-8-14(10-19(2,3)9-13)20-21-17(23)11-22-15-6-4-5-7-16(15)25-12-18(22)24/h4-7,13H,8-12H2,1-3H3,(H,21,23)/b20-14-/t13-/m1/s1. The molecule has 25 heavy (non-hydrogen) atoms. The van der Waals surface area contributed by atoms with E-state index in [2.05, 4.69) is 31.3 Å². The lowest BCUT2D eigenvalue weighted by atomic mass is 9.72. The fraction of sp³-hybridized carbons (Fsp3) is 0.526. The lowest BCUT2D eigenvalue weighted by Gasteiger charge is -2.34. The topological polar surface area (TPSA) is 71.0 Å². The molecule has 1 heterocycles. The zero-order valence-corrected chi connectivity index (χ0v) is 15.0. The number of para-hydroxylation sites is 2. The molecule has 6 heteroatoms. The Balaban J connectivity index is 1.65.